The van der Waals surface area contributed by atoms with Gasteiger partial charge in [-0.05, 0) is 49.5 Å². The zero-order chi connectivity index (χ0) is 21.6. The van der Waals surface area contributed by atoms with Crippen molar-refractivity contribution in [2.24, 2.45) is 7.05 Å². The molecule has 0 spiro atoms. The molecule has 0 fully saturated rings. The maximum atomic E-state index is 12.9. The number of benzene rings is 2. The van der Waals surface area contributed by atoms with Gasteiger partial charge < -0.3 is 19.3 Å². The highest BCUT2D eigenvalue weighted by molar-refractivity contribution is 6.01. The Labute approximate surface area is 176 Å². The minimum Gasteiger partial charge on any atom is -0.505 e. The van der Waals surface area contributed by atoms with Crippen LogP contribution in [0, 0.1) is 6.92 Å². The molecule has 1 aliphatic rings. The van der Waals surface area contributed by atoms with Gasteiger partial charge in [0.1, 0.15) is 22.8 Å². The Morgan fingerprint density at radius 2 is 2.10 bits per heavy atom. The Balaban J connectivity index is 1.84. The SMILES string of the molecule is COc1cccc2c1C(=CCc1c(C(=O)N(C)C)cc3c(nc(C)n3C)c1O)CC2. The summed E-state index contributed by atoms with van der Waals surface area (Å²) in [5.41, 5.74) is 5.98. The number of phenolic OH excluding ortho intramolecular Hbond substituents is 1. The van der Waals surface area contributed by atoms with Gasteiger partial charge in [0.05, 0.1) is 12.6 Å². The van der Waals surface area contributed by atoms with Crippen LogP contribution in [-0.4, -0.2) is 46.7 Å². The predicted molar refractivity (Wildman–Crippen MR) is 118 cm³/mol. The Hall–Kier alpha value is -3.28. The summed E-state index contributed by atoms with van der Waals surface area (Å²) in [6, 6.07) is 7.95. The first-order chi connectivity index (χ1) is 14.3. The number of carbonyl (C=O) groups is 1. The van der Waals surface area contributed by atoms with E-state index in [-0.39, 0.29) is 11.7 Å². The largest absolute Gasteiger partial charge is 0.505 e. The third-order valence-corrected chi connectivity index (χ3v) is 5.99. The van der Waals surface area contributed by atoms with Crippen LogP contribution in [0.15, 0.2) is 30.3 Å². The van der Waals surface area contributed by atoms with Gasteiger partial charge in [-0.2, -0.15) is 0 Å². The summed E-state index contributed by atoms with van der Waals surface area (Å²) in [6.07, 6.45) is 4.43. The zero-order valence-corrected chi connectivity index (χ0v) is 18.1. The second kappa shape index (κ2) is 7.52. The summed E-state index contributed by atoms with van der Waals surface area (Å²) < 4.78 is 7.46. The molecule has 0 saturated carbocycles. The third kappa shape index (κ3) is 3.12. The summed E-state index contributed by atoms with van der Waals surface area (Å²) in [5, 5.41) is 11.1. The van der Waals surface area contributed by atoms with Gasteiger partial charge in [-0.3, -0.25) is 4.79 Å². The number of hydrogen-bond acceptors (Lipinski definition) is 4. The smallest absolute Gasteiger partial charge is 0.253 e. The number of ether oxygens (including phenoxy) is 1. The van der Waals surface area contributed by atoms with E-state index in [4.69, 9.17) is 4.74 Å². The van der Waals surface area contributed by atoms with Crippen molar-refractivity contribution in [2.45, 2.75) is 26.2 Å². The molecule has 0 radical (unpaired) electrons. The van der Waals surface area contributed by atoms with Crippen LogP contribution >= 0.6 is 0 Å². The number of amides is 1. The minimum absolute atomic E-state index is 0.0801. The Bertz CT molecular complexity index is 1190. The molecule has 0 bridgehead atoms. The van der Waals surface area contributed by atoms with Crippen molar-refractivity contribution >= 4 is 22.5 Å². The van der Waals surface area contributed by atoms with Crippen LogP contribution in [0.2, 0.25) is 0 Å². The van der Waals surface area contributed by atoms with E-state index < -0.39 is 0 Å². The number of aryl methyl sites for hydroxylation is 3. The first-order valence-electron chi connectivity index (χ1n) is 10.1. The van der Waals surface area contributed by atoms with Gasteiger partial charge in [0.2, 0.25) is 0 Å². The molecular formula is C24H27N3O3. The van der Waals surface area contributed by atoms with Crippen LogP contribution in [0.3, 0.4) is 0 Å². The molecule has 156 valence electrons. The second-order valence-corrected chi connectivity index (χ2v) is 7.96. The van der Waals surface area contributed by atoms with Crippen molar-refractivity contribution in [3.05, 3.63) is 58.4 Å². The molecule has 1 amide bonds. The fourth-order valence-corrected chi connectivity index (χ4v) is 4.24. The van der Waals surface area contributed by atoms with E-state index in [1.807, 2.05) is 36.7 Å². The van der Waals surface area contributed by atoms with Crippen molar-refractivity contribution in [1.82, 2.24) is 14.5 Å². The lowest BCUT2D eigenvalue weighted by Crippen LogP contribution is -2.23. The number of carbonyl (C=O) groups excluding carboxylic acids is 1. The first-order valence-corrected chi connectivity index (χ1v) is 10.1. The number of allylic oxidation sites excluding steroid dienone is 2. The zero-order valence-electron chi connectivity index (χ0n) is 18.1. The molecule has 6 heteroatoms. The number of aromatic nitrogens is 2. The average Bonchev–Trinajstić information content (AvgIpc) is 3.28. The lowest BCUT2D eigenvalue weighted by Gasteiger charge is -2.16. The molecule has 1 N–H and O–H groups in total. The van der Waals surface area contributed by atoms with Crippen molar-refractivity contribution < 1.29 is 14.6 Å². The number of rotatable bonds is 4. The minimum atomic E-state index is -0.135. The summed E-state index contributed by atoms with van der Waals surface area (Å²) in [5.74, 6) is 1.59. The fraction of sp³-hybridized carbons (Fsp3) is 0.333. The lowest BCUT2D eigenvalue weighted by molar-refractivity contribution is 0.0826. The van der Waals surface area contributed by atoms with Gasteiger partial charge in [-0.25, -0.2) is 4.98 Å². The Kier molecular flexibility index (Phi) is 5.02. The number of imidazole rings is 1. The molecule has 6 nitrogen and oxygen atoms in total. The highest BCUT2D eigenvalue weighted by atomic mass is 16.5. The third-order valence-electron chi connectivity index (χ3n) is 5.99. The maximum absolute atomic E-state index is 12.9. The molecule has 0 atom stereocenters. The molecule has 1 aliphatic carbocycles. The number of methoxy groups -OCH3 is 1. The number of phenols is 1. The molecule has 2 aromatic carbocycles. The van der Waals surface area contributed by atoms with Crippen molar-refractivity contribution in [1.29, 1.82) is 0 Å². The first kappa shape index (κ1) is 20.0. The number of nitrogens with zero attached hydrogens (tertiary/aromatic N) is 3. The van der Waals surface area contributed by atoms with E-state index in [0.717, 1.165) is 35.5 Å². The van der Waals surface area contributed by atoms with Crippen molar-refractivity contribution in [2.75, 3.05) is 21.2 Å². The van der Waals surface area contributed by atoms with E-state index in [9.17, 15) is 9.90 Å². The van der Waals surface area contributed by atoms with E-state index >= 15 is 0 Å². The lowest BCUT2D eigenvalue weighted by atomic mass is 9.97. The van der Waals surface area contributed by atoms with Gasteiger partial charge in [0.25, 0.3) is 5.91 Å². The van der Waals surface area contributed by atoms with Crippen molar-refractivity contribution in [3.8, 4) is 11.5 Å². The summed E-state index contributed by atoms with van der Waals surface area (Å²) >= 11 is 0. The normalized spacial score (nSPS) is 14.4. The topological polar surface area (TPSA) is 67.6 Å². The summed E-state index contributed by atoms with van der Waals surface area (Å²) in [6.45, 7) is 1.89. The van der Waals surface area contributed by atoms with E-state index in [1.165, 1.54) is 16.0 Å². The molecule has 1 aromatic heterocycles. The van der Waals surface area contributed by atoms with Crippen molar-refractivity contribution in [3.63, 3.8) is 0 Å². The molecule has 1 heterocycles. The molecule has 3 aromatic rings. The fourth-order valence-electron chi connectivity index (χ4n) is 4.24. The van der Waals surface area contributed by atoms with Gasteiger partial charge in [-0.1, -0.05) is 18.2 Å². The highest BCUT2D eigenvalue weighted by Gasteiger charge is 2.24. The monoisotopic (exact) mass is 405 g/mol. The van der Waals surface area contributed by atoms with E-state index in [0.29, 0.717) is 23.1 Å². The van der Waals surface area contributed by atoms with E-state index in [2.05, 4.69) is 17.1 Å². The summed E-state index contributed by atoms with van der Waals surface area (Å²) in [4.78, 5) is 19.0. The number of aromatic hydroxyl groups is 1. The molecule has 0 unspecified atom stereocenters. The number of fused-ring (bicyclic) bond motifs is 2. The average molecular weight is 405 g/mol. The van der Waals surface area contributed by atoms with Crippen LogP contribution < -0.4 is 4.74 Å². The summed E-state index contributed by atoms with van der Waals surface area (Å²) in [7, 11) is 7.01. The highest BCUT2D eigenvalue weighted by Crippen LogP contribution is 2.40. The van der Waals surface area contributed by atoms with Gasteiger partial charge in [-0.15, -0.1) is 0 Å². The Morgan fingerprint density at radius 1 is 1.33 bits per heavy atom. The predicted octanol–water partition coefficient (Wildman–Crippen LogP) is 3.87. The van der Waals surface area contributed by atoms with Crippen LogP contribution in [0.1, 0.15) is 39.3 Å². The van der Waals surface area contributed by atoms with Gasteiger partial charge in [0, 0.05) is 37.8 Å². The van der Waals surface area contributed by atoms with Crippen LogP contribution in [0.25, 0.3) is 16.6 Å². The van der Waals surface area contributed by atoms with Crippen LogP contribution in [0.4, 0.5) is 0 Å². The van der Waals surface area contributed by atoms with E-state index in [1.54, 1.807) is 21.2 Å². The molecule has 30 heavy (non-hydrogen) atoms. The maximum Gasteiger partial charge on any atom is 0.253 e. The molecular weight excluding hydrogens is 378 g/mol. The second-order valence-electron chi connectivity index (χ2n) is 7.96. The van der Waals surface area contributed by atoms with Gasteiger partial charge >= 0.3 is 0 Å². The number of hydrogen-bond donors (Lipinski definition) is 1. The quantitative estimate of drug-likeness (QED) is 0.716. The molecule has 0 aliphatic heterocycles. The van der Waals surface area contributed by atoms with Crippen LogP contribution in [0.5, 0.6) is 11.5 Å². The molecule has 4 rings (SSSR count). The Morgan fingerprint density at radius 3 is 2.80 bits per heavy atom. The van der Waals surface area contributed by atoms with Gasteiger partial charge in [0.15, 0.2) is 0 Å². The standard InChI is InChI=1S/C24H27N3O3/c1-14-25-22-19(27(14)4)13-18(24(29)26(2)3)17(23(22)28)12-11-16-10-9-15-7-6-8-20(30-5)21(15)16/h6-8,11,13,28H,9-10,12H2,1-5H3. The molecule has 0 saturated heterocycles. The van der Waals surface area contributed by atoms with Crippen LogP contribution in [-0.2, 0) is 19.9 Å².